The standard InChI is InChI=1S/C17H16OS2/c1-11-3-6-13(7-4-11)14(18)10-17-19-15-8-5-12(2)9-16(15)20-17/h3-9,17H,10H2,1-2H3. The van der Waals surface area contributed by atoms with Gasteiger partial charge in [-0.2, -0.15) is 0 Å². The molecule has 1 nitrogen and oxygen atoms in total. The Bertz CT molecular complexity index is 647. The summed E-state index contributed by atoms with van der Waals surface area (Å²) >= 11 is 3.63. The highest BCUT2D eigenvalue weighted by atomic mass is 32.2. The highest BCUT2D eigenvalue weighted by molar-refractivity contribution is 8.19. The molecule has 0 N–H and O–H groups in total. The Morgan fingerprint density at radius 2 is 1.60 bits per heavy atom. The molecular weight excluding hydrogens is 284 g/mol. The molecule has 102 valence electrons. The van der Waals surface area contributed by atoms with E-state index in [1.165, 1.54) is 20.9 Å². The van der Waals surface area contributed by atoms with E-state index in [1.54, 1.807) is 0 Å². The Balaban J connectivity index is 1.68. The molecular formula is C17H16OS2. The lowest BCUT2D eigenvalue weighted by Crippen LogP contribution is -2.05. The highest BCUT2D eigenvalue weighted by Crippen LogP contribution is 2.49. The lowest BCUT2D eigenvalue weighted by molar-refractivity contribution is 0.0987. The van der Waals surface area contributed by atoms with E-state index in [1.807, 2.05) is 54.7 Å². The van der Waals surface area contributed by atoms with Crippen molar-refractivity contribution in [1.82, 2.24) is 0 Å². The molecule has 0 aliphatic carbocycles. The summed E-state index contributed by atoms with van der Waals surface area (Å²) in [4.78, 5) is 14.9. The molecule has 3 rings (SSSR count). The van der Waals surface area contributed by atoms with Crippen LogP contribution in [0.3, 0.4) is 0 Å². The van der Waals surface area contributed by atoms with Crippen LogP contribution in [0.15, 0.2) is 52.3 Å². The quantitative estimate of drug-likeness (QED) is 0.734. The van der Waals surface area contributed by atoms with E-state index >= 15 is 0 Å². The topological polar surface area (TPSA) is 17.1 Å². The van der Waals surface area contributed by atoms with Crippen molar-refractivity contribution in [2.24, 2.45) is 0 Å². The number of Topliss-reactive ketones (excluding diaryl/α,β-unsaturated/α-hetero) is 1. The summed E-state index contributed by atoms with van der Waals surface area (Å²) < 4.78 is 0.306. The fraction of sp³-hybridized carbons (Fsp3) is 0.235. The van der Waals surface area contributed by atoms with Crippen molar-refractivity contribution in [3.63, 3.8) is 0 Å². The van der Waals surface area contributed by atoms with Crippen LogP contribution in [-0.4, -0.2) is 10.4 Å². The van der Waals surface area contributed by atoms with E-state index in [4.69, 9.17) is 0 Å². The summed E-state index contributed by atoms with van der Waals surface area (Å²) in [5.74, 6) is 0.236. The van der Waals surface area contributed by atoms with Gasteiger partial charge in [0.15, 0.2) is 5.78 Å². The van der Waals surface area contributed by atoms with Gasteiger partial charge in [0.05, 0.1) is 4.58 Å². The van der Waals surface area contributed by atoms with Gasteiger partial charge < -0.3 is 0 Å². The van der Waals surface area contributed by atoms with Gasteiger partial charge in [0.25, 0.3) is 0 Å². The number of hydrogen-bond acceptors (Lipinski definition) is 3. The van der Waals surface area contributed by atoms with Gasteiger partial charge in [-0.15, -0.1) is 23.5 Å². The fourth-order valence-corrected chi connectivity index (χ4v) is 5.10. The maximum atomic E-state index is 12.3. The number of fused-ring (bicyclic) bond motifs is 1. The van der Waals surface area contributed by atoms with E-state index < -0.39 is 0 Å². The fourth-order valence-electron chi connectivity index (χ4n) is 2.20. The van der Waals surface area contributed by atoms with Crippen LogP contribution in [0.2, 0.25) is 0 Å². The van der Waals surface area contributed by atoms with Gasteiger partial charge in [0.2, 0.25) is 0 Å². The molecule has 2 aromatic carbocycles. The van der Waals surface area contributed by atoms with Crippen molar-refractivity contribution in [3.8, 4) is 0 Å². The molecule has 1 unspecified atom stereocenters. The number of carbonyl (C=O) groups is 1. The molecule has 1 aliphatic rings. The van der Waals surface area contributed by atoms with Crippen LogP contribution in [0.5, 0.6) is 0 Å². The highest BCUT2D eigenvalue weighted by Gasteiger charge is 2.25. The first-order valence-electron chi connectivity index (χ1n) is 6.65. The Kier molecular flexibility index (Phi) is 3.90. The number of ketones is 1. The van der Waals surface area contributed by atoms with Crippen LogP contribution in [0, 0.1) is 13.8 Å². The first-order chi connectivity index (χ1) is 9.61. The molecule has 2 aromatic rings. The van der Waals surface area contributed by atoms with Crippen LogP contribution in [-0.2, 0) is 0 Å². The van der Waals surface area contributed by atoms with Gasteiger partial charge in [0.1, 0.15) is 0 Å². The largest absolute Gasteiger partial charge is 0.294 e. The molecule has 0 aromatic heterocycles. The van der Waals surface area contributed by atoms with Crippen molar-refractivity contribution in [2.45, 2.75) is 34.6 Å². The summed E-state index contributed by atoms with van der Waals surface area (Å²) in [5.41, 5.74) is 3.29. The molecule has 0 amide bonds. The number of benzene rings is 2. The zero-order valence-corrected chi connectivity index (χ0v) is 13.2. The molecule has 20 heavy (non-hydrogen) atoms. The van der Waals surface area contributed by atoms with Crippen molar-refractivity contribution < 1.29 is 4.79 Å². The van der Waals surface area contributed by atoms with E-state index in [0.29, 0.717) is 11.0 Å². The SMILES string of the molecule is Cc1ccc(C(=O)CC2Sc3ccc(C)cc3S2)cc1. The van der Waals surface area contributed by atoms with Crippen molar-refractivity contribution in [3.05, 3.63) is 59.2 Å². The van der Waals surface area contributed by atoms with E-state index in [2.05, 4.69) is 25.1 Å². The lowest BCUT2D eigenvalue weighted by atomic mass is 10.1. The number of rotatable bonds is 3. The predicted molar refractivity (Wildman–Crippen MR) is 86.8 cm³/mol. The lowest BCUT2D eigenvalue weighted by Gasteiger charge is -2.07. The van der Waals surface area contributed by atoms with E-state index in [0.717, 1.165) is 5.56 Å². The second-order valence-electron chi connectivity index (χ2n) is 5.11. The maximum absolute atomic E-state index is 12.3. The first-order valence-corrected chi connectivity index (χ1v) is 8.41. The Morgan fingerprint density at radius 3 is 2.35 bits per heavy atom. The second-order valence-corrected chi connectivity index (χ2v) is 7.90. The molecule has 0 saturated carbocycles. The van der Waals surface area contributed by atoms with Gasteiger partial charge in [-0.3, -0.25) is 4.79 Å². The summed E-state index contributed by atoms with van der Waals surface area (Å²) in [6.07, 6.45) is 0.589. The molecule has 0 spiro atoms. The average molecular weight is 300 g/mol. The maximum Gasteiger partial charge on any atom is 0.164 e. The Morgan fingerprint density at radius 1 is 0.950 bits per heavy atom. The smallest absolute Gasteiger partial charge is 0.164 e. The summed E-state index contributed by atoms with van der Waals surface area (Å²) in [6.45, 7) is 4.15. The average Bonchev–Trinajstić information content (AvgIpc) is 2.80. The summed E-state index contributed by atoms with van der Waals surface area (Å²) in [5, 5.41) is 0. The minimum Gasteiger partial charge on any atom is -0.294 e. The number of hydrogen-bond donors (Lipinski definition) is 0. The predicted octanol–water partition coefficient (Wildman–Crippen LogP) is 5.10. The second kappa shape index (κ2) is 5.66. The molecule has 3 heteroatoms. The van der Waals surface area contributed by atoms with Gasteiger partial charge in [0, 0.05) is 21.8 Å². The molecule has 0 bridgehead atoms. The normalized spacial score (nSPS) is 17.0. The zero-order valence-electron chi connectivity index (χ0n) is 11.6. The van der Waals surface area contributed by atoms with Crippen molar-refractivity contribution >= 4 is 29.3 Å². The Hall–Kier alpha value is -1.19. The van der Waals surface area contributed by atoms with Gasteiger partial charge >= 0.3 is 0 Å². The summed E-state index contributed by atoms with van der Waals surface area (Å²) in [7, 11) is 0. The summed E-state index contributed by atoms with van der Waals surface area (Å²) in [6, 6.07) is 14.4. The van der Waals surface area contributed by atoms with Crippen LogP contribution in [0.4, 0.5) is 0 Å². The number of thioether (sulfide) groups is 2. The molecule has 0 fully saturated rings. The Labute approximate surface area is 128 Å². The van der Waals surface area contributed by atoms with Crippen molar-refractivity contribution in [1.29, 1.82) is 0 Å². The molecule has 1 heterocycles. The third kappa shape index (κ3) is 2.94. The van der Waals surface area contributed by atoms with E-state index in [-0.39, 0.29) is 5.78 Å². The van der Waals surface area contributed by atoms with Crippen LogP contribution >= 0.6 is 23.5 Å². The number of carbonyl (C=O) groups excluding carboxylic acids is 1. The van der Waals surface area contributed by atoms with E-state index in [9.17, 15) is 4.79 Å². The molecule has 0 radical (unpaired) electrons. The monoisotopic (exact) mass is 300 g/mol. The molecule has 0 saturated heterocycles. The van der Waals surface area contributed by atoms with Gasteiger partial charge in [-0.1, -0.05) is 35.9 Å². The van der Waals surface area contributed by atoms with Crippen molar-refractivity contribution in [2.75, 3.05) is 0 Å². The minimum atomic E-state index is 0.236. The third-order valence-corrected chi connectivity index (χ3v) is 6.11. The van der Waals surface area contributed by atoms with Gasteiger partial charge in [-0.05, 0) is 31.5 Å². The molecule has 1 atom stereocenters. The number of aryl methyl sites for hydroxylation is 2. The minimum absolute atomic E-state index is 0.236. The van der Waals surface area contributed by atoms with Crippen LogP contribution in [0.1, 0.15) is 27.9 Å². The zero-order chi connectivity index (χ0) is 14.1. The molecule has 1 aliphatic heterocycles. The van der Waals surface area contributed by atoms with Crippen LogP contribution < -0.4 is 0 Å². The first kappa shape index (κ1) is 13.8. The third-order valence-electron chi connectivity index (χ3n) is 3.34. The van der Waals surface area contributed by atoms with Crippen LogP contribution in [0.25, 0.3) is 0 Å². The van der Waals surface area contributed by atoms with Gasteiger partial charge in [-0.25, -0.2) is 0 Å².